The summed E-state index contributed by atoms with van der Waals surface area (Å²) < 4.78 is 33.0. The predicted molar refractivity (Wildman–Crippen MR) is 125 cm³/mol. The number of benzene rings is 2. The van der Waals surface area contributed by atoms with Crippen molar-refractivity contribution in [3.05, 3.63) is 66.4 Å². The molecule has 1 aromatic heterocycles. The summed E-state index contributed by atoms with van der Waals surface area (Å²) in [7, 11) is -3.56. The van der Waals surface area contributed by atoms with Gasteiger partial charge in [-0.05, 0) is 50.2 Å². The van der Waals surface area contributed by atoms with E-state index in [0.29, 0.717) is 50.3 Å². The average molecular weight is 454 g/mol. The molecule has 9 heteroatoms. The van der Waals surface area contributed by atoms with Crippen LogP contribution in [0, 0.1) is 6.92 Å². The molecule has 1 saturated heterocycles. The van der Waals surface area contributed by atoms with Gasteiger partial charge in [0, 0.05) is 43.6 Å². The van der Waals surface area contributed by atoms with Crippen molar-refractivity contribution in [2.45, 2.75) is 18.7 Å². The Kier molecular flexibility index (Phi) is 6.57. The Balaban J connectivity index is 1.44. The lowest BCUT2D eigenvalue weighted by molar-refractivity contribution is 0.340. The molecule has 0 saturated carbocycles. The van der Waals surface area contributed by atoms with E-state index in [1.165, 1.54) is 4.31 Å². The largest absolute Gasteiger partial charge is 0.494 e. The van der Waals surface area contributed by atoms with E-state index in [9.17, 15) is 8.42 Å². The van der Waals surface area contributed by atoms with Crippen LogP contribution >= 0.6 is 0 Å². The number of para-hydroxylation sites is 1. The Morgan fingerprint density at radius 2 is 1.66 bits per heavy atom. The van der Waals surface area contributed by atoms with Gasteiger partial charge in [-0.15, -0.1) is 0 Å². The fourth-order valence-corrected chi connectivity index (χ4v) is 5.00. The van der Waals surface area contributed by atoms with Gasteiger partial charge in [-0.3, -0.25) is 0 Å². The van der Waals surface area contributed by atoms with Crippen LogP contribution < -0.4 is 15.0 Å². The van der Waals surface area contributed by atoms with E-state index in [0.717, 1.165) is 11.4 Å². The summed E-state index contributed by atoms with van der Waals surface area (Å²) in [5, 5.41) is 3.30. The molecule has 1 aliphatic heterocycles. The second-order valence-corrected chi connectivity index (χ2v) is 9.42. The first kappa shape index (κ1) is 22.0. The molecule has 0 spiro atoms. The molecule has 1 aliphatic rings. The Bertz CT molecular complexity index is 1150. The summed E-state index contributed by atoms with van der Waals surface area (Å²) >= 11 is 0. The second kappa shape index (κ2) is 9.54. The summed E-state index contributed by atoms with van der Waals surface area (Å²) in [5.74, 6) is 1.97. The standard InChI is InChI=1S/C23H27N5O3S/c1-3-31-20-9-11-21(12-10-20)32(29,30)28-15-13-27(14-16-28)23-24-18(2)17-22(26-23)25-19-7-5-4-6-8-19/h4-12,17H,3,13-16H2,1-2H3,(H,24,25,26). The van der Waals surface area contributed by atoms with Gasteiger partial charge < -0.3 is 15.0 Å². The molecule has 0 unspecified atom stereocenters. The molecular formula is C23H27N5O3S. The Hall–Kier alpha value is -3.17. The molecule has 3 aromatic rings. The van der Waals surface area contributed by atoms with E-state index in [1.807, 2.05) is 55.1 Å². The fourth-order valence-electron chi connectivity index (χ4n) is 3.58. The number of nitrogens with zero attached hydrogens (tertiary/aromatic N) is 4. The van der Waals surface area contributed by atoms with Gasteiger partial charge in [0.15, 0.2) is 0 Å². The van der Waals surface area contributed by atoms with Crippen LogP contribution in [0.5, 0.6) is 5.75 Å². The van der Waals surface area contributed by atoms with Gasteiger partial charge in [-0.2, -0.15) is 9.29 Å². The topological polar surface area (TPSA) is 87.7 Å². The van der Waals surface area contributed by atoms with Crippen LogP contribution in [0.4, 0.5) is 17.5 Å². The number of sulfonamides is 1. The highest BCUT2D eigenvalue weighted by Gasteiger charge is 2.29. The number of anilines is 3. The lowest BCUT2D eigenvalue weighted by Crippen LogP contribution is -2.49. The summed E-state index contributed by atoms with van der Waals surface area (Å²) in [4.78, 5) is 11.5. The second-order valence-electron chi connectivity index (χ2n) is 7.48. The van der Waals surface area contributed by atoms with Gasteiger partial charge >= 0.3 is 0 Å². The third-order valence-corrected chi connectivity index (χ3v) is 7.10. The number of rotatable bonds is 7. The van der Waals surface area contributed by atoms with Gasteiger partial charge in [-0.1, -0.05) is 18.2 Å². The van der Waals surface area contributed by atoms with E-state index in [2.05, 4.69) is 15.3 Å². The number of piperazine rings is 1. The summed E-state index contributed by atoms with van der Waals surface area (Å²) in [6.45, 7) is 6.13. The van der Waals surface area contributed by atoms with Crippen molar-refractivity contribution in [1.82, 2.24) is 14.3 Å². The van der Waals surface area contributed by atoms with Crippen molar-refractivity contribution in [2.24, 2.45) is 0 Å². The molecule has 4 rings (SSSR count). The zero-order valence-electron chi connectivity index (χ0n) is 18.2. The summed E-state index contributed by atoms with van der Waals surface area (Å²) in [6, 6.07) is 18.3. The van der Waals surface area contributed by atoms with Crippen LogP contribution in [0.15, 0.2) is 65.6 Å². The van der Waals surface area contributed by atoms with Crippen LogP contribution in [0.25, 0.3) is 0 Å². The summed E-state index contributed by atoms with van der Waals surface area (Å²) in [5.41, 5.74) is 1.79. The SMILES string of the molecule is CCOc1ccc(S(=O)(=O)N2CCN(c3nc(C)cc(Nc4ccccc4)n3)CC2)cc1. The highest BCUT2D eigenvalue weighted by Crippen LogP contribution is 2.23. The number of hydrogen-bond donors (Lipinski definition) is 1. The maximum Gasteiger partial charge on any atom is 0.243 e. The monoisotopic (exact) mass is 453 g/mol. The number of nitrogens with one attached hydrogen (secondary N) is 1. The number of aromatic nitrogens is 2. The molecule has 168 valence electrons. The molecule has 0 amide bonds. The van der Waals surface area contributed by atoms with Crippen LogP contribution in [-0.4, -0.2) is 55.5 Å². The van der Waals surface area contributed by atoms with Crippen molar-refractivity contribution in [3.63, 3.8) is 0 Å². The molecule has 0 aliphatic carbocycles. The molecule has 1 N–H and O–H groups in total. The van der Waals surface area contributed by atoms with Gasteiger partial charge in [0.2, 0.25) is 16.0 Å². The van der Waals surface area contributed by atoms with Crippen molar-refractivity contribution >= 4 is 27.5 Å². The van der Waals surface area contributed by atoms with Crippen LogP contribution in [0.1, 0.15) is 12.6 Å². The number of hydrogen-bond acceptors (Lipinski definition) is 7. The molecule has 1 fully saturated rings. The van der Waals surface area contributed by atoms with Gasteiger partial charge in [0.25, 0.3) is 0 Å². The minimum atomic E-state index is -3.56. The molecule has 8 nitrogen and oxygen atoms in total. The zero-order valence-corrected chi connectivity index (χ0v) is 19.0. The molecule has 0 atom stereocenters. The van der Waals surface area contributed by atoms with Crippen LogP contribution in [0.3, 0.4) is 0 Å². The average Bonchev–Trinajstić information content (AvgIpc) is 2.80. The maximum atomic E-state index is 13.0. The van der Waals surface area contributed by atoms with E-state index in [1.54, 1.807) is 24.3 Å². The van der Waals surface area contributed by atoms with Crippen molar-refractivity contribution < 1.29 is 13.2 Å². The first-order valence-corrected chi connectivity index (χ1v) is 12.1. The highest BCUT2D eigenvalue weighted by molar-refractivity contribution is 7.89. The van der Waals surface area contributed by atoms with E-state index >= 15 is 0 Å². The highest BCUT2D eigenvalue weighted by atomic mass is 32.2. The molecule has 32 heavy (non-hydrogen) atoms. The first-order chi connectivity index (χ1) is 15.5. The van der Waals surface area contributed by atoms with Crippen molar-refractivity contribution in [1.29, 1.82) is 0 Å². The van der Waals surface area contributed by atoms with Gasteiger partial charge in [0.1, 0.15) is 11.6 Å². The fraction of sp³-hybridized carbons (Fsp3) is 0.304. The molecular weight excluding hydrogens is 426 g/mol. The number of ether oxygens (including phenoxy) is 1. The molecule has 2 heterocycles. The normalized spacial score (nSPS) is 14.9. The number of aryl methyl sites for hydroxylation is 1. The van der Waals surface area contributed by atoms with E-state index in [4.69, 9.17) is 4.74 Å². The Labute approximate surface area is 188 Å². The lowest BCUT2D eigenvalue weighted by Gasteiger charge is -2.34. The third kappa shape index (κ3) is 5.00. The Morgan fingerprint density at radius 3 is 2.31 bits per heavy atom. The molecule has 0 bridgehead atoms. The smallest absolute Gasteiger partial charge is 0.243 e. The van der Waals surface area contributed by atoms with Crippen molar-refractivity contribution in [2.75, 3.05) is 43.0 Å². The molecule has 0 radical (unpaired) electrons. The maximum absolute atomic E-state index is 13.0. The van der Waals surface area contributed by atoms with Crippen LogP contribution in [0.2, 0.25) is 0 Å². The Morgan fingerprint density at radius 1 is 0.969 bits per heavy atom. The first-order valence-electron chi connectivity index (χ1n) is 10.6. The predicted octanol–water partition coefficient (Wildman–Crippen LogP) is 3.44. The minimum absolute atomic E-state index is 0.274. The van der Waals surface area contributed by atoms with Crippen molar-refractivity contribution in [3.8, 4) is 5.75 Å². The van der Waals surface area contributed by atoms with E-state index < -0.39 is 10.0 Å². The third-order valence-electron chi connectivity index (χ3n) is 5.18. The lowest BCUT2D eigenvalue weighted by atomic mass is 10.3. The van der Waals surface area contributed by atoms with Gasteiger partial charge in [0.05, 0.1) is 11.5 Å². The van der Waals surface area contributed by atoms with Crippen LogP contribution in [-0.2, 0) is 10.0 Å². The van der Waals surface area contributed by atoms with E-state index in [-0.39, 0.29) is 4.90 Å². The minimum Gasteiger partial charge on any atom is -0.494 e. The molecule has 2 aromatic carbocycles. The quantitative estimate of drug-likeness (QED) is 0.586. The zero-order chi connectivity index (χ0) is 22.6. The van der Waals surface area contributed by atoms with Gasteiger partial charge in [-0.25, -0.2) is 13.4 Å². The summed E-state index contributed by atoms with van der Waals surface area (Å²) in [6.07, 6.45) is 0.